The van der Waals surface area contributed by atoms with E-state index in [2.05, 4.69) is 12.2 Å². The van der Waals surface area contributed by atoms with Gasteiger partial charge >= 0.3 is 0 Å². The molecule has 92 valence electrons. The van der Waals surface area contributed by atoms with Crippen molar-refractivity contribution in [1.29, 1.82) is 0 Å². The Labute approximate surface area is 98.2 Å². The van der Waals surface area contributed by atoms with Gasteiger partial charge in [0.15, 0.2) is 0 Å². The van der Waals surface area contributed by atoms with E-state index in [0.29, 0.717) is 12.0 Å². The minimum absolute atomic E-state index is 0.133. The molecule has 0 aromatic heterocycles. The lowest BCUT2D eigenvalue weighted by molar-refractivity contribution is -0.126. The summed E-state index contributed by atoms with van der Waals surface area (Å²) in [4.78, 5) is 11.8. The fourth-order valence-electron chi connectivity index (χ4n) is 3.44. The second kappa shape index (κ2) is 4.74. The smallest absolute Gasteiger partial charge is 0.237 e. The third kappa shape index (κ3) is 2.40. The summed E-state index contributed by atoms with van der Waals surface area (Å²) in [6, 6.07) is 0.526. The summed E-state index contributed by atoms with van der Waals surface area (Å²) in [5, 5.41) is 3.59. The quantitative estimate of drug-likeness (QED) is 0.770. The SMILES string of the molecule is CC1CCCC(NC2CCCC2)(C(N)=O)C1. The summed E-state index contributed by atoms with van der Waals surface area (Å²) in [7, 11) is 0. The van der Waals surface area contributed by atoms with E-state index in [1.54, 1.807) is 0 Å². The third-order valence-corrected chi connectivity index (χ3v) is 4.30. The molecular weight excluding hydrogens is 200 g/mol. The number of rotatable bonds is 3. The lowest BCUT2D eigenvalue weighted by Crippen LogP contribution is -2.60. The van der Waals surface area contributed by atoms with E-state index >= 15 is 0 Å². The van der Waals surface area contributed by atoms with Gasteiger partial charge in [0, 0.05) is 6.04 Å². The molecule has 0 saturated heterocycles. The molecule has 0 aromatic rings. The molecule has 0 bridgehead atoms. The van der Waals surface area contributed by atoms with Crippen LogP contribution in [0.5, 0.6) is 0 Å². The van der Waals surface area contributed by atoms with Crippen LogP contribution >= 0.6 is 0 Å². The monoisotopic (exact) mass is 224 g/mol. The van der Waals surface area contributed by atoms with Crippen molar-refractivity contribution < 1.29 is 4.79 Å². The first-order valence-electron chi connectivity index (χ1n) is 6.70. The van der Waals surface area contributed by atoms with Crippen LogP contribution < -0.4 is 11.1 Å². The predicted molar refractivity (Wildman–Crippen MR) is 64.9 cm³/mol. The Bertz CT molecular complexity index is 261. The van der Waals surface area contributed by atoms with Gasteiger partial charge in [0.25, 0.3) is 0 Å². The summed E-state index contributed by atoms with van der Waals surface area (Å²) in [6.45, 7) is 2.23. The Morgan fingerprint density at radius 3 is 2.50 bits per heavy atom. The fraction of sp³-hybridized carbons (Fsp3) is 0.923. The largest absolute Gasteiger partial charge is 0.368 e. The Morgan fingerprint density at radius 1 is 1.25 bits per heavy atom. The highest BCUT2D eigenvalue weighted by atomic mass is 16.1. The molecule has 2 rings (SSSR count). The zero-order chi connectivity index (χ0) is 11.6. The fourth-order valence-corrected chi connectivity index (χ4v) is 3.44. The molecule has 3 nitrogen and oxygen atoms in total. The molecule has 0 heterocycles. The Kier molecular flexibility index (Phi) is 3.53. The second-order valence-corrected chi connectivity index (χ2v) is 5.77. The standard InChI is InChI=1S/C13H24N2O/c1-10-5-4-8-13(9-10,12(14)16)15-11-6-2-3-7-11/h10-11,15H,2-9H2,1H3,(H2,14,16). The van der Waals surface area contributed by atoms with Crippen molar-refractivity contribution in [3.05, 3.63) is 0 Å². The molecule has 0 aromatic carbocycles. The average molecular weight is 224 g/mol. The van der Waals surface area contributed by atoms with Crippen molar-refractivity contribution in [1.82, 2.24) is 5.32 Å². The Morgan fingerprint density at radius 2 is 1.94 bits per heavy atom. The van der Waals surface area contributed by atoms with Gasteiger partial charge in [-0.05, 0) is 31.6 Å². The maximum atomic E-state index is 11.8. The highest BCUT2D eigenvalue weighted by Gasteiger charge is 2.41. The molecule has 0 aliphatic heterocycles. The van der Waals surface area contributed by atoms with E-state index < -0.39 is 5.54 Å². The number of carbonyl (C=O) groups is 1. The van der Waals surface area contributed by atoms with E-state index in [1.165, 1.54) is 32.1 Å². The van der Waals surface area contributed by atoms with Gasteiger partial charge in [-0.25, -0.2) is 0 Å². The molecule has 0 spiro atoms. The normalized spacial score (nSPS) is 36.4. The number of amides is 1. The van der Waals surface area contributed by atoms with Gasteiger partial charge in [-0.2, -0.15) is 0 Å². The number of carbonyl (C=O) groups excluding carboxylic acids is 1. The van der Waals surface area contributed by atoms with E-state index in [-0.39, 0.29) is 5.91 Å². The van der Waals surface area contributed by atoms with Crippen LogP contribution in [0.2, 0.25) is 0 Å². The van der Waals surface area contributed by atoms with Crippen LogP contribution in [0.1, 0.15) is 58.3 Å². The number of hydrogen-bond donors (Lipinski definition) is 2. The molecule has 3 heteroatoms. The maximum absolute atomic E-state index is 11.8. The molecule has 3 N–H and O–H groups in total. The second-order valence-electron chi connectivity index (χ2n) is 5.77. The van der Waals surface area contributed by atoms with Gasteiger partial charge in [0.2, 0.25) is 5.91 Å². The van der Waals surface area contributed by atoms with Gasteiger partial charge < -0.3 is 11.1 Å². The molecule has 1 amide bonds. The van der Waals surface area contributed by atoms with Gasteiger partial charge in [0.1, 0.15) is 0 Å². The highest BCUT2D eigenvalue weighted by Crippen LogP contribution is 2.34. The molecule has 2 aliphatic rings. The van der Waals surface area contributed by atoms with Crippen LogP contribution in [0.4, 0.5) is 0 Å². The van der Waals surface area contributed by atoms with Gasteiger partial charge in [-0.1, -0.05) is 32.6 Å². The van der Waals surface area contributed by atoms with Crippen molar-refractivity contribution >= 4 is 5.91 Å². The van der Waals surface area contributed by atoms with Crippen molar-refractivity contribution in [2.75, 3.05) is 0 Å². The number of primary amides is 1. The molecular formula is C13H24N2O. The van der Waals surface area contributed by atoms with Crippen LogP contribution in [0.25, 0.3) is 0 Å². The molecule has 2 saturated carbocycles. The summed E-state index contributed by atoms with van der Waals surface area (Å²) in [5.74, 6) is 0.487. The summed E-state index contributed by atoms with van der Waals surface area (Å²) in [6.07, 6.45) is 9.24. The maximum Gasteiger partial charge on any atom is 0.237 e. The minimum Gasteiger partial charge on any atom is -0.368 e. The number of nitrogens with two attached hydrogens (primary N) is 1. The summed E-state index contributed by atoms with van der Waals surface area (Å²) < 4.78 is 0. The highest BCUT2D eigenvalue weighted by molar-refractivity contribution is 5.84. The molecule has 2 atom stereocenters. The van der Waals surface area contributed by atoms with Crippen LogP contribution in [-0.4, -0.2) is 17.5 Å². The topological polar surface area (TPSA) is 55.1 Å². The average Bonchev–Trinajstić information content (AvgIpc) is 2.70. The molecule has 16 heavy (non-hydrogen) atoms. The van der Waals surface area contributed by atoms with Crippen LogP contribution in [0, 0.1) is 5.92 Å². The van der Waals surface area contributed by atoms with Gasteiger partial charge in [0.05, 0.1) is 5.54 Å². The minimum atomic E-state index is -0.396. The first-order chi connectivity index (χ1) is 7.62. The summed E-state index contributed by atoms with van der Waals surface area (Å²) in [5.41, 5.74) is 5.24. The van der Waals surface area contributed by atoms with E-state index in [9.17, 15) is 4.79 Å². The Balaban J connectivity index is 2.04. The molecule has 2 fully saturated rings. The predicted octanol–water partition coefficient (Wildman–Crippen LogP) is 1.95. The van der Waals surface area contributed by atoms with Crippen LogP contribution in [0.3, 0.4) is 0 Å². The zero-order valence-corrected chi connectivity index (χ0v) is 10.3. The summed E-state index contributed by atoms with van der Waals surface area (Å²) >= 11 is 0. The zero-order valence-electron chi connectivity index (χ0n) is 10.3. The molecule has 2 aliphatic carbocycles. The first kappa shape index (κ1) is 11.9. The lowest BCUT2D eigenvalue weighted by Gasteiger charge is -2.40. The molecule has 0 radical (unpaired) electrons. The van der Waals surface area contributed by atoms with E-state index in [0.717, 1.165) is 19.3 Å². The lowest BCUT2D eigenvalue weighted by atomic mass is 9.75. The Hall–Kier alpha value is -0.570. The number of nitrogens with one attached hydrogen (secondary N) is 1. The van der Waals surface area contributed by atoms with Crippen LogP contribution in [-0.2, 0) is 4.79 Å². The van der Waals surface area contributed by atoms with Crippen molar-refractivity contribution in [3.63, 3.8) is 0 Å². The van der Waals surface area contributed by atoms with Gasteiger partial charge in [-0.3, -0.25) is 4.79 Å². The number of hydrogen-bond acceptors (Lipinski definition) is 2. The van der Waals surface area contributed by atoms with Crippen molar-refractivity contribution in [2.45, 2.75) is 69.9 Å². The van der Waals surface area contributed by atoms with E-state index in [1.807, 2.05) is 0 Å². The van der Waals surface area contributed by atoms with Crippen LogP contribution in [0.15, 0.2) is 0 Å². The van der Waals surface area contributed by atoms with Gasteiger partial charge in [-0.15, -0.1) is 0 Å². The third-order valence-electron chi connectivity index (χ3n) is 4.30. The first-order valence-corrected chi connectivity index (χ1v) is 6.70. The van der Waals surface area contributed by atoms with Crippen molar-refractivity contribution in [2.24, 2.45) is 11.7 Å². The van der Waals surface area contributed by atoms with Crippen molar-refractivity contribution in [3.8, 4) is 0 Å². The molecule has 2 unspecified atom stereocenters. The van der Waals surface area contributed by atoms with E-state index in [4.69, 9.17) is 5.73 Å².